The van der Waals surface area contributed by atoms with Crippen molar-refractivity contribution >= 4 is 5.91 Å². The van der Waals surface area contributed by atoms with E-state index in [9.17, 15) is 4.79 Å². The van der Waals surface area contributed by atoms with Crippen molar-refractivity contribution in [2.45, 2.75) is 25.7 Å². The Labute approximate surface area is 94.9 Å². The molecular formula is C13H14N2O. The summed E-state index contributed by atoms with van der Waals surface area (Å²) in [6.07, 6.45) is 5.53. The average Bonchev–Trinajstić information content (AvgIpc) is 2.72. The molecule has 0 atom stereocenters. The van der Waals surface area contributed by atoms with Crippen LogP contribution in [0.1, 0.15) is 24.8 Å². The summed E-state index contributed by atoms with van der Waals surface area (Å²) in [6, 6.07) is 10.4. The number of hydrogen-bond donors (Lipinski definition) is 0. The zero-order valence-corrected chi connectivity index (χ0v) is 9.10. The van der Waals surface area contributed by atoms with Crippen LogP contribution in [0.2, 0.25) is 0 Å². The van der Waals surface area contributed by atoms with Gasteiger partial charge >= 0.3 is 0 Å². The monoisotopic (exact) mass is 214 g/mol. The van der Waals surface area contributed by atoms with E-state index in [1.807, 2.05) is 6.07 Å². The third-order valence-corrected chi connectivity index (χ3v) is 2.64. The van der Waals surface area contributed by atoms with E-state index in [-0.39, 0.29) is 5.91 Å². The van der Waals surface area contributed by atoms with Crippen molar-refractivity contribution in [2.75, 3.05) is 0 Å². The predicted octanol–water partition coefficient (Wildman–Crippen LogP) is 3.28. The maximum absolute atomic E-state index is 11.1. The molecule has 0 saturated carbocycles. The SMILES string of the molecule is O=C1N=NC=C1CCCCc1ccccc1. The zero-order chi connectivity index (χ0) is 11.2. The molecule has 1 aromatic carbocycles. The average molecular weight is 214 g/mol. The third kappa shape index (κ3) is 2.86. The molecule has 2 rings (SSSR count). The van der Waals surface area contributed by atoms with Crippen LogP contribution in [0.3, 0.4) is 0 Å². The molecule has 0 N–H and O–H groups in total. The molecule has 3 heteroatoms. The molecule has 0 bridgehead atoms. The second kappa shape index (κ2) is 5.35. The van der Waals surface area contributed by atoms with Crippen molar-refractivity contribution in [3.63, 3.8) is 0 Å². The van der Waals surface area contributed by atoms with Crippen LogP contribution in [-0.2, 0) is 11.2 Å². The number of aryl methyl sites for hydroxylation is 1. The summed E-state index contributed by atoms with van der Waals surface area (Å²) in [5, 5.41) is 7.04. The molecule has 1 aromatic rings. The van der Waals surface area contributed by atoms with Crippen LogP contribution < -0.4 is 0 Å². The highest BCUT2D eigenvalue weighted by Gasteiger charge is 2.11. The highest BCUT2D eigenvalue weighted by atomic mass is 16.2. The Kier molecular flexibility index (Phi) is 3.59. The summed E-state index contributed by atoms with van der Waals surface area (Å²) >= 11 is 0. The Morgan fingerprint density at radius 2 is 1.75 bits per heavy atom. The fraction of sp³-hybridized carbons (Fsp3) is 0.308. The van der Waals surface area contributed by atoms with Crippen LogP contribution in [0.5, 0.6) is 0 Å². The molecule has 16 heavy (non-hydrogen) atoms. The van der Waals surface area contributed by atoms with Crippen molar-refractivity contribution in [3.05, 3.63) is 47.7 Å². The van der Waals surface area contributed by atoms with Gasteiger partial charge in [0.2, 0.25) is 0 Å². The van der Waals surface area contributed by atoms with Gasteiger partial charge in [0.15, 0.2) is 0 Å². The molecule has 82 valence electrons. The van der Waals surface area contributed by atoms with Crippen molar-refractivity contribution in [1.29, 1.82) is 0 Å². The second-order valence-corrected chi connectivity index (χ2v) is 3.87. The summed E-state index contributed by atoms with van der Waals surface area (Å²) in [5.74, 6) is -0.167. The number of hydrogen-bond acceptors (Lipinski definition) is 2. The summed E-state index contributed by atoms with van der Waals surface area (Å²) in [4.78, 5) is 11.1. The van der Waals surface area contributed by atoms with Gasteiger partial charge in [-0.2, -0.15) is 5.11 Å². The zero-order valence-electron chi connectivity index (χ0n) is 9.10. The number of carbonyl (C=O) groups excluding carboxylic acids is 1. The van der Waals surface area contributed by atoms with Gasteiger partial charge in [0, 0.05) is 5.57 Å². The maximum Gasteiger partial charge on any atom is 0.292 e. The lowest BCUT2D eigenvalue weighted by Crippen LogP contribution is -1.95. The van der Waals surface area contributed by atoms with E-state index in [1.165, 1.54) is 5.56 Å². The van der Waals surface area contributed by atoms with Gasteiger partial charge in [0.25, 0.3) is 5.91 Å². The van der Waals surface area contributed by atoms with Gasteiger partial charge in [-0.15, -0.1) is 5.11 Å². The van der Waals surface area contributed by atoms with Crippen molar-refractivity contribution in [3.8, 4) is 0 Å². The number of nitrogens with zero attached hydrogens (tertiary/aromatic N) is 2. The molecule has 1 aliphatic heterocycles. The topological polar surface area (TPSA) is 41.8 Å². The van der Waals surface area contributed by atoms with E-state index in [2.05, 4.69) is 34.5 Å². The molecule has 1 aliphatic rings. The van der Waals surface area contributed by atoms with E-state index in [0.29, 0.717) is 0 Å². The van der Waals surface area contributed by atoms with Gasteiger partial charge in [-0.05, 0) is 31.2 Å². The Morgan fingerprint density at radius 1 is 1.00 bits per heavy atom. The number of rotatable bonds is 5. The van der Waals surface area contributed by atoms with Gasteiger partial charge in [0.05, 0.1) is 6.20 Å². The molecule has 0 radical (unpaired) electrons. The van der Waals surface area contributed by atoms with Gasteiger partial charge in [-0.1, -0.05) is 30.3 Å². The van der Waals surface area contributed by atoms with Crippen molar-refractivity contribution in [1.82, 2.24) is 0 Å². The molecule has 0 spiro atoms. The first-order valence-corrected chi connectivity index (χ1v) is 5.54. The van der Waals surface area contributed by atoms with Gasteiger partial charge < -0.3 is 0 Å². The number of benzene rings is 1. The first-order chi connectivity index (χ1) is 7.86. The number of amides is 1. The van der Waals surface area contributed by atoms with Gasteiger partial charge in [-0.25, -0.2) is 0 Å². The van der Waals surface area contributed by atoms with Crippen LogP contribution in [0, 0.1) is 0 Å². The van der Waals surface area contributed by atoms with Gasteiger partial charge in [-0.3, -0.25) is 4.79 Å². The van der Waals surface area contributed by atoms with E-state index >= 15 is 0 Å². The van der Waals surface area contributed by atoms with E-state index in [4.69, 9.17) is 0 Å². The Bertz CT molecular complexity index is 421. The second-order valence-electron chi connectivity index (χ2n) is 3.87. The highest BCUT2D eigenvalue weighted by Crippen LogP contribution is 2.15. The van der Waals surface area contributed by atoms with Crippen molar-refractivity contribution < 1.29 is 4.79 Å². The summed E-state index contributed by atoms with van der Waals surface area (Å²) in [5.41, 5.74) is 2.09. The number of carbonyl (C=O) groups is 1. The fourth-order valence-electron chi connectivity index (χ4n) is 1.73. The maximum atomic E-state index is 11.1. The first-order valence-electron chi connectivity index (χ1n) is 5.54. The van der Waals surface area contributed by atoms with Crippen LogP contribution in [0.4, 0.5) is 0 Å². The normalized spacial score (nSPS) is 14.2. The van der Waals surface area contributed by atoms with Crippen LogP contribution >= 0.6 is 0 Å². The highest BCUT2D eigenvalue weighted by molar-refractivity contribution is 5.95. The Morgan fingerprint density at radius 3 is 2.44 bits per heavy atom. The summed E-state index contributed by atoms with van der Waals surface area (Å²) in [7, 11) is 0. The largest absolute Gasteiger partial charge is 0.292 e. The molecule has 1 heterocycles. The van der Waals surface area contributed by atoms with Crippen LogP contribution in [-0.4, -0.2) is 5.91 Å². The predicted molar refractivity (Wildman–Crippen MR) is 61.9 cm³/mol. The van der Waals surface area contributed by atoms with E-state index in [0.717, 1.165) is 31.3 Å². The molecule has 1 amide bonds. The smallest absolute Gasteiger partial charge is 0.265 e. The Hall–Kier alpha value is -1.77. The minimum atomic E-state index is -0.167. The minimum absolute atomic E-state index is 0.167. The first kappa shape index (κ1) is 10.7. The standard InChI is InChI=1S/C13H14N2O/c16-13-12(10-14-15-13)9-5-4-8-11-6-2-1-3-7-11/h1-3,6-7,10H,4-5,8-9H2. The lowest BCUT2D eigenvalue weighted by molar-refractivity contribution is -0.114. The molecule has 0 unspecified atom stereocenters. The van der Waals surface area contributed by atoms with E-state index < -0.39 is 0 Å². The molecule has 0 saturated heterocycles. The van der Waals surface area contributed by atoms with Gasteiger partial charge in [0.1, 0.15) is 0 Å². The Balaban J connectivity index is 1.68. The van der Waals surface area contributed by atoms with Crippen LogP contribution in [0.25, 0.3) is 0 Å². The van der Waals surface area contributed by atoms with Crippen molar-refractivity contribution in [2.24, 2.45) is 10.2 Å². The van der Waals surface area contributed by atoms with E-state index in [1.54, 1.807) is 6.20 Å². The summed E-state index contributed by atoms with van der Waals surface area (Å²) in [6.45, 7) is 0. The number of unbranched alkanes of at least 4 members (excludes halogenated alkanes) is 1. The lowest BCUT2D eigenvalue weighted by atomic mass is 10.0. The minimum Gasteiger partial charge on any atom is -0.265 e. The summed E-state index contributed by atoms with van der Waals surface area (Å²) < 4.78 is 0. The third-order valence-electron chi connectivity index (χ3n) is 2.64. The molecule has 3 nitrogen and oxygen atoms in total. The molecule has 0 aromatic heterocycles. The number of azo groups is 1. The molecule has 0 fully saturated rings. The lowest BCUT2D eigenvalue weighted by Gasteiger charge is -2.01. The van der Waals surface area contributed by atoms with Crippen LogP contribution in [0.15, 0.2) is 52.3 Å². The quantitative estimate of drug-likeness (QED) is 0.693. The molecule has 0 aliphatic carbocycles. The fourth-order valence-corrected chi connectivity index (χ4v) is 1.73. The molecular weight excluding hydrogens is 200 g/mol.